The number of likely N-dealkylation sites (tertiary alicyclic amines) is 1. The molecule has 1 aliphatic rings. The maximum absolute atomic E-state index is 11.9. The third-order valence-electron chi connectivity index (χ3n) is 3.85. The van der Waals surface area contributed by atoms with Gasteiger partial charge in [0.15, 0.2) is 10.9 Å². The van der Waals surface area contributed by atoms with Gasteiger partial charge >= 0.3 is 0 Å². The Morgan fingerprint density at radius 2 is 2.23 bits per heavy atom. The highest BCUT2D eigenvalue weighted by Gasteiger charge is 2.22. The molecule has 5 nitrogen and oxygen atoms in total. The van der Waals surface area contributed by atoms with Crippen LogP contribution in [0.3, 0.4) is 0 Å². The molecule has 1 saturated heterocycles. The van der Waals surface area contributed by atoms with Crippen LogP contribution in [-0.2, 0) is 6.54 Å². The van der Waals surface area contributed by atoms with Crippen LogP contribution in [0.2, 0.25) is 0 Å². The second-order valence-electron chi connectivity index (χ2n) is 6.22. The molecule has 118 valence electrons. The summed E-state index contributed by atoms with van der Waals surface area (Å²) in [5.41, 5.74) is 1.01. The standard InChI is InChI=1S/C16H21N3O2S/c1-11-6-12(2)8-19(7-11)9-13-10-22-16(17-13)18-15(20)14-4-3-5-21-14/h3-5,10-12H,6-9H2,1-2H3,(H,17,18,20). The first kappa shape index (κ1) is 15.2. The van der Waals surface area contributed by atoms with Crippen molar-refractivity contribution < 1.29 is 9.21 Å². The van der Waals surface area contributed by atoms with E-state index in [4.69, 9.17) is 4.42 Å². The van der Waals surface area contributed by atoms with Gasteiger partial charge in [0.25, 0.3) is 5.91 Å². The molecule has 0 saturated carbocycles. The first-order chi connectivity index (χ1) is 10.6. The Bertz CT molecular complexity index is 613. The summed E-state index contributed by atoms with van der Waals surface area (Å²) in [5, 5.41) is 5.41. The highest BCUT2D eigenvalue weighted by atomic mass is 32.1. The summed E-state index contributed by atoms with van der Waals surface area (Å²) >= 11 is 1.45. The van der Waals surface area contributed by atoms with E-state index in [0.29, 0.717) is 10.9 Å². The minimum atomic E-state index is -0.258. The van der Waals surface area contributed by atoms with Gasteiger partial charge in [-0.05, 0) is 30.4 Å². The van der Waals surface area contributed by atoms with E-state index in [0.717, 1.165) is 37.2 Å². The van der Waals surface area contributed by atoms with Gasteiger partial charge in [-0.15, -0.1) is 11.3 Å². The number of carbonyl (C=O) groups is 1. The zero-order valence-electron chi connectivity index (χ0n) is 12.9. The van der Waals surface area contributed by atoms with Crippen molar-refractivity contribution >= 4 is 22.4 Å². The molecule has 2 atom stereocenters. The molecule has 0 aliphatic carbocycles. The molecule has 2 aromatic heterocycles. The molecule has 2 aromatic rings. The lowest BCUT2D eigenvalue weighted by Gasteiger charge is -2.34. The van der Waals surface area contributed by atoms with Gasteiger partial charge in [0.2, 0.25) is 0 Å². The molecule has 1 fully saturated rings. The van der Waals surface area contributed by atoms with Crippen LogP contribution in [-0.4, -0.2) is 28.9 Å². The Balaban J connectivity index is 1.58. The van der Waals surface area contributed by atoms with Crippen LogP contribution >= 0.6 is 11.3 Å². The van der Waals surface area contributed by atoms with Crippen molar-refractivity contribution in [3.8, 4) is 0 Å². The van der Waals surface area contributed by atoms with E-state index < -0.39 is 0 Å². The van der Waals surface area contributed by atoms with Crippen LogP contribution in [0.5, 0.6) is 0 Å². The number of nitrogens with zero attached hydrogens (tertiary/aromatic N) is 2. The van der Waals surface area contributed by atoms with E-state index >= 15 is 0 Å². The van der Waals surface area contributed by atoms with Crippen molar-refractivity contribution in [2.24, 2.45) is 11.8 Å². The van der Waals surface area contributed by atoms with Crippen LogP contribution < -0.4 is 5.32 Å². The lowest BCUT2D eigenvalue weighted by molar-refractivity contribution is 0.0996. The molecule has 0 spiro atoms. The average molecular weight is 319 g/mol. The molecule has 6 heteroatoms. The Morgan fingerprint density at radius 3 is 2.91 bits per heavy atom. The van der Waals surface area contributed by atoms with Gasteiger partial charge < -0.3 is 4.42 Å². The van der Waals surface area contributed by atoms with Crippen LogP contribution in [0.4, 0.5) is 5.13 Å². The predicted octanol–water partition coefficient (Wildman–Crippen LogP) is 3.47. The Kier molecular flexibility index (Phi) is 4.59. The number of anilines is 1. The number of carbonyl (C=O) groups excluding carboxylic acids is 1. The van der Waals surface area contributed by atoms with E-state index in [2.05, 4.69) is 29.0 Å². The zero-order chi connectivity index (χ0) is 15.5. The summed E-state index contributed by atoms with van der Waals surface area (Å²) in [6, 6.07) is 3.33. The minimum absolute atomic E-state index is 0.258. The largest absolute Gasteiger partial charge is 0.459 e. The molecular weight excluding hydrogens is 298 g/mol. The predicted molar refractivity (Wildman–Crippen MR) is 87.0 cm³/mol. The van der Waals surface area contributed by atoms with Crippen LogP contribution in [0.15, 0.2) is 28.2 Å². The minimum Gasteiger partial charge on any atom is -0.459 e. The van der Waals surface area contributed by atoms with Crippen molar-refractivity contribution in [1.29, 1.82) is 0 Å². The van der Waals surface area contributed by atoms with Gasteiger partial charge in [0.1, 0.15) is 0 Å². The van der Waals surface area contributed by atoms with Crippen molar-refractivity contribution in [2.75, 3.05) is 18.4 Å². The number of nitrogens with one attached hydrogen (secondary N) is 1. The molecule has 0 aromatic carbocycles. The van der Waals surface area contributed by atoms with Gasteiger partial charge in [-0.25, -0.2) is 4.98 Å². The van der Waals surface area contributed by atoms with Gasteiger partial charge in [-0.3, -0.25) is 15.0 Å². The third kappa shape index (κ3) is 3.75. The lowest BCUT2D eigenvalue weighted by atomic mass is 9.92. The highest BCUT2D eigenvalue weighted by Crippen LogP contribution is 2.24. The van der Waals surface area contributed by atoms with E-state index in [1.54, 1.807) is 12.1 Å². The molecule has 0 bridgehead atoms. The number of aromatic nitrogens is 1. The molecule has 1 N–H and O–H groups in total. The summed E-state index contributed by atoms with van der Waals surface area (Å²) in [7, 11) is 0. The van der Waals surface area contributed by atoms with Crippen molar-refractivity contribution in [3.63, 3.8) is 0 Å². The average Bonchev–Trinajstić information content (AvgIpc) is 3.09. The Morgan fingerprint density at radius 1 is 1.45 bits per heavy atom. The number of amides is 1. The fourth-order valence-electron chi connectivity index (χ4n) is 3.15. The summed E-state index contributed by atoms with van der Waals surface area (Å²) in [6.45, 7) is 7.70. The van der Waals surface area contributed by atoms with E-state index in [9.17, 15) is 4.79 Å². The third-order valence-corrected chi connectivity index (χ3v) is 4.65. The number of hydrogen-bond acceptors (Lipinski definition) is 5. The molecule has 3 heterocycles. The fraction of sp³-hybridized carbons (Fsp3) is 0.500. The maximum Gasteiger partial charge on any atom is 0.293 e. The number of piperidine rings is 1. The molecule has 1 amide bonds. The summed E-state index contributed by atoms with van der Waals surface area (Å²) < 4.78 is 5.08. The van der Waals surface area contributed by atoms with Gasteiger partial charge in [0.05, 0.1) is 12.0 Å². The Hall–Kier alpha value is -1.66. The molecule has 2 unspecified atom stereocenters. The fourth-order valence-corrected chi connectivity index (χ4v) is 3.85. The molecular formula is C16H21N3O2S. The van der Waals surface area contributed by atoms with Crippen LogP contribution in [0, 0.1) is 11.8 Å². The van der Waals surface area contributed by atoms with Gasteiger partial charge in [0, 0.05) is 25.0 Å². The molecule has 3 rings (SSSR count). The number of furan rings is 1. The van der Waals surface area contributed by atoms with E-state index in [1.807, 2.05) is 5.38 Å². The van der Waals surface area contributed by atoms with Gasteiger partial charge in [-0.1, -0.05) is 13.8 Å². The first-order valence-corrected chi connectivity index (χ1v) is 8.49. The first-order valence-electron chi connectivity index (χ1n) is 7.61. The monoisotopic (exact) mass is 319 g/mol. The maximum atomic E-state index is 11.9. The number of rotatable bonds is 4. The normalized spacial score (nSPS) is 22.6. The molecule has 1 aliphatic heterocycles. The Labute approximate surface area is 134 Å². The molecule has 22 heavy (non-hydrogen) atoms. The molecule has 0 radical (unpaired) electrons. The number of hydrogen-bond donors (Lipinski definition) is 1. The smallest absolute Gasteiger partial charge is 0.293 e. The van der Waals surface area contributed by atoms with E-state index in [1.165, 1.54) is 24.0 Å². The van der Waals surface area contributed by atoms with Crippen molar-refractivity contribution in [1.82, 2.24) is 9.88 Å². The summed E-state index contributed by atoms with van der Waals surface area (Å²) in [4.78, 5) is 18.9. The van der Waals surface area contributed by atoms with Gasteiger partial charge in [-0.2, -0.15) is 0 Å². The van der Waals surface area contributed by atoms with Crippen LogP contribution in [0.25, 0.3) is 0 Å². The second kappa shape index (κ2) is 6.62. The topological polar surface area (TPSA) is 58.4 Å². The summed E-state index contributed by atoms with van der Waals surface area (Å²) in [5.74, 6) is 1.52. The SMILES string of the molecule is CC1CC(C)CN(Cc2csc(NC(=O)c3ccco3)n2)C1. The van der Waals surface area contributed by atoms with Crippen LogP contribution in [0.1, 0.15) is 36.5 Å². The van der Waals surface area contributed by atoms with Crippen molar-refractivity contribution in [3.05, 3.63) is 35.2 Å². The lowest BCUT2D eigenvalue weighted by Crippen LogP contribution is -2.38. The summed E-state index contributed by atoms with van der Waals surface area (Å²) in [6.07, 6.45) is 2.79. The second-order valence-corrected chi connectivity index (χ2v) is 7.07. The quantitative estimate of drug-likeness (QED) is 0.937. The number of thiazole rings is 1. The van der Waals surface area contributed by atoms with E-state index in [-0.39, 0.29) is 5.91 Å². The highest BCUT2D eigenvalue weighted by molar-refractivity contribution is 7.13. The van der Waals surface area contributed by atoms with Crippen molar-refractivity contribution in [2.45, 2.75) is 26.8 Å². The zero-order valence-corrected chi connectivity index (χ0v) is 13.7.